The topological polar surface area (TPSA) is 68.9 Å². The van der Waals surface area contributed by atoms with Crippen LogP contribution in [0.15, 0.2) is 41.2 Å². The molecule has 2 aliphatic rings. The Morgan fingerprint density at radius 1 is 1.71 bits per heavy atom. The van der Waals surface area contributed by atoms with E-state index in [1.807, 2.05) is 13.0 Å². The fraction of sp³-hybridized carbons (Fsp3) is 0.500. The highest BCUT2D eigenvalue weighted by Crippen LogP contribution is 2.28. The van der Waals surface area contributed by atoms with E-state index in [4.69, 9.17) is 10.00 Å². The number of rotatable bonds is 4. The second kappa shape index (κ2) is 7.21. The number of ether oxygens (including phenoxy) is 1. The molecule has 2 rings (SSSR count). The summed E-state index contributed by atoms with van der Waals surface area (Å²) in [5.41, 5.74) is 2.27. The van der Waals surface area contributed by atoms with E-state index in [-0.39, 0.29) is 18.6 Å². The van der Waals surface area contributed by atoms with Crippen LogP contribution in [0.2, 0.25) is 0 Å². The van der Waals surface area contributed by atoms with Gasteiger partial charge in [-0.3, -0.25) is 4.99 Å². The molecular formula is C16H21N3O2. The van der Waals surface area contributed by atoms with Gasteiger partial charge in [-0.05, 0) is 13.3 Å². The third-order valence-corrected chi connectivity index (χ3v) is 3.83. The minimum absolute atomic E-state index is 0.0178. The van der Waals surface area contributed by atoms with Crippen LogP contribution in [0.5, 0.6) is 0 Å². The zero-order chi connectivity index (χ0) is 15.2. The van der Waals surface area contributed by atoms with Gasteiger partial charge in [0.2, 0.25) is 0 Å². The van der Waals surface area contributed by atoms with Crippen LogP contribution in [-0.4, -0.2) is 48.1 Å². The van der Waals surface area contributed by atoms with Crippen LogP contribution in [0.25, 0.3) is 0 Å². The number of hydrogen-bond acceptors (Lipinski definition) is 5. The highest BCUT2D eigenvalue weighted by atomic mass is 16.5. The van der Waals surface area contributed by atoms with Gasteiger partial charge in [0.15, 0.2) is 0 Å². The molecular weight excluding hydrogens is 266 g/mol. The van der Waals surface area contributed by atoms with Crippen molar-refractivity contribution in [1.29, 1.82) is 5.26 Å². The zero-order valence-electron chi connectivity index (χ0n) is 12.3. The summed E-state index contributed by atoms with van der Waals surface area (Å²) in [6, 6.07) is 2.10. The summed E-state index contributed by atoms with van der Waals surface area (Å²) in [6.45, 7) is 7.84. The number of hydrogen-bond donors (Lipinski definition) is 1. The number of aliphatic hydroxyl groups is 1. The first-order valence-electron chi connectivity index (χ1n) is 7.17. The minimum Gasteiger partial charge on any atom is -0.394 e. The Morgan fingerprint density at radius 2 is 2.52 bits per heavy atom. The van der Waals surface area contributed by atoms with Crippen molar-refractivity contribution in [2.45, 2.75) is 19.4 Å². The van der Waals surface area contributed by atoms with Crippen LogP contribution >= 0.6 is 0 Å². The smallest absolute Gasteiger partial charge is 0.100 e. The summed E-state index contributed by atoms with van der Waals surface area (Å²) < 4.78 is 5.50. The van der Waals surface area contributed by atoms with Gasteiger partial charge in [0.25, 0.3) is 0 Å². The van der Waals surface area contributed by atoms with Gasteiger partial charge in [0.05, 0.1) is 30.6 Å². The Morgan fingerprint density at radius 3 is 3.19 bits per heavy atom. The van der Waals surface area contributed by atoms with Gasteiger partial charge in [-0.2, -0.15) is 5.26 Å². The molecule has 0 saturated carbocycles. The predicted octanol–water partition coefficient (Wildman–Crippen LogP) is 1.64. The van der Waals surface area contributed by atoms with Crippen molar-refractivity contribution in [3.05, 3.63) is 36.2 Å². The molecule has 1 saturated heterocycles. The van der Waals surface area contributed by atoms with Crippen LogP contribution in [-0.2, 0) is 4.74 Å². The molecule has 0 aromatic heterocycles. The average Bonchev–Trinajstić information content (AvgIpc) is 2.55. The molecule has 21 heavy (non-hydrogen) atoms. The molecule has 0 aliphatic carbocycles. The Balaban J connectivity index is 2.21. The third-order valence-electron chi connectivity index (χ3n) is 3.83. The van der Waals surface area contributed by atoms with Crippen molar-refractivity contribution in [1.82, 2.24) is 4.90 Å². The van der Waals surface area contributed by atoms with Gasteiger partial charge >= 0.3 is 0 Å². The van der Waals surface area contributed by atoms with Crippen molar-refractivity contribution < 1.29 is 9.84 Å². The zero-order valence-corrected chi connectivity index (χ0v) is 12.3. The molecule has 112 valence electrons. The fourth-order valence-electron chi connectivity index (χ4n) is 2.81. The van der Waals surface area contributed by atoms with Crippen molar-refractivity contribution in [2.24, 2.45) is 10.9 Å². The van der Waals surface area contributed by atoms with E-state index in [0.29, 0.717) is 18.7 Å². The van der Waals surface area contributed by atoms with E-state index in [0.717, 1.165) is 24.4 Å². The van der Waals surface area contributed by atoms with Crippen molar-refractivity contribution in [2.75, 3.05) is 26.3 Å². The highest BCUT2D eigenvalue weighted by molar-refractivity contribution is 6.06. The first kappa shape index (κ1) is 15.5. The Hall–Kier alpha value is -1.90. The van der Waals surface area contributed by atoms with Crippen LogP contribution < -0.4 is 0 Å². The monoisotopic (exact) mass is 287 g/mol. The van der Waals surface area contributed by atoms with Gasteiger partial charge in [0.1, 0.15) is 6.07 Å². The number of aliphatic hydroxyl groups excluding tert-OH is 1. The van der Waals surface area contributed by atoms with Gasteiger partial charge in [0, 0.05) is 30.9 Å². The summed E-state index contributed by atoms with van der Waals surface area (Å²) in [6.07, 6.45) is 6.45. The predicted molar refractivity (Wildman–Crippen MR) is 81.6 cm³/mol. The SMILES string of the molecule is C=C(C#N)C1=NC=CCC1/C(=C\C)N1CCO[C@@H](CO)C1. The van der Waals surface area contributed by atoms with E-state index in [1.165, 1.54) is 0 Å². The van der Waals surface area contributed by atoms with Gasteiger partial charge in [-0.25, -0.2) is 0 Å². The lowest BCUT2D eigenvalue weighted by Crippen LogP contribution is -2.45. The maximum atomic E-state index is 9.29. The number of aliphatic imine (C=N–C) groups is 1. The quantitative estimate of drug-likeness (QED) is 0.798. The second-order valence-electron chi connectivity index (χ2n) is 5.11. The molecule has 0 radical (unpaired) electrons. The lowest BCUT2D eigenvalue weighted by molar-refractivity contribution is -0.0447. The molecule has 2 atom stereocenters. The molecule has 0 spiro atoms. The summed E-state index contributed by atoms with van der Waals surface area (Å²) in [7, 11) is 0. The number of nitrogens with zero attached hydrogens (tertiary/aromatic N) is 3. The van der Waals surface area contributed by atoms with Gasteiger partial charge < -0.3 is 14.7 Å². The van der Waals surface area contributed by atoms with Crippen molar-refractivity contribution >= 4 is 5.71 Å². The van der Waals surface area contributed by atoms with E-state index in [9.17, 15) is 5.11 Å². The third kappa shape index (κ3) is 3.41. The maximum Gasteiger partial charge on any atom is 0.100 e. The summed E-state index contributed by atoms with van der Waals surface area (Å²) >= 11 is 0. The molecule has 1 fully saturated rings. The van der Waals surface area contributed by atoms with E-state index < -0.39 is 0 Å². The molecule has 0 aromatic carbocycles. The molecule has 5 heteroatoms. The molecule has 2 heterocycles. The van der Waals surface area contributed by atoms with Crippen LogP contribution in [0, 0.1) is 17.2 Å². The van der Waals surface area contributed by atoms with E-state index in [2.05, 4.69) is 28.6 Å². The molecule has 1 unspecified atom stereocenters. The number of nitriles is 1. The van der Waals surface area contributed by atoms with Crippen LogP contribution in [0.3, 0.4) is 0 Å². The first-order valence-corrected chi connectivity index (χ1v) is 7.17. The second-order valence-corrected chi connectivity index (χ2v) is 5.11. The normalized spacial score (nSPS) is 26.2. The van der Waals surface area contributed by atoms with Gasteiger partial charge in [-0.1, -0.05) is 18.7 Å². The summed E-state index contributed by atoms with van der Waals surface area (Å²) in [5.74, 6) is 0.0459. The molecule has 5 nitrogen and oxygen atoms in total. The lowest BCUT2D eigenvalue weighted by atomic mass is 9.88. The molecule has 0 aromatic rings. The lowest BCUT2D eigenvalue weighted by Gasteiger charge is -2.38. The Kier molecular flexibility index (Phi) is 5.32. The van der Waals surface area contributed by atoms with Crippen molar-refractivity contribution in [3.63, 3.8) is 0 Å². The standard InChI is InChI=1S/C16H21N3O2/c1-3-15(19-7-8-21-13(10-19)11-20)14-5-4-6-18-16(14)12(2)9-17/h3-4,6,13-14,20H,2,5,7-8,10-11H2,1H3/b15-3+/t13-,14?/m1/s1. The molecule has 0 bridgehead atoms. The molecule has 1 N–H and O–H groups in total. The largest absolute Gasteiger partial charge is 0.394 e. The van der Waals surface area contributed by atoms with Crippen LogP contribution in [0.4, 0.5) is 0 Å². The van der Waals surface area contributed by atoms with Crippen LogP contribution in [0.1, 0.15) is 13.3 Å². The molecule has 2 aliphatic heterocycles. The van der Waals surface area contributed by atoms with Gasteiger partial charge in [-0.15, -0.1) is 0 Å². The summed E-state index contributed by atoms with van der Waals surface area (Å²) in [5, 5.41) is 18.4. The van der Waals surface area contributed by atoms with E-state index in [1.54, 1.807) is 6.20 Å². The highest BCUT2D eigenvalue weighted by Gasteiger charge is 2.29. The minimum atomic E-state index is -0.160. The van der Waals surface area contributed by atoms with E-state index >= 15 is 0 Å². The Labute approximate surface area is 125 Å². The number of morpholine rings is 1. The first-order chi connectivity index (χ1) is 10.2. The summed E-state index contributed by atoms with van der Waals surface area (Å²) in [4.78, 5) is 6.57. The van der Waals surface area contributed by atoms with Crippen molar-refractivity contribution in [3.8, 4) is 6.07 Å². The molecule has 0 amide bonds. The number of allylic oxidation sites excluding steroid dienone is 4. The Bertz CT molecular complexity index is 528. The maximum absolute atomic E-state index is 9.29. The fourth-order valence-corrected chi connectivity index (χ4v) is 2.81. The average molecular weight is 287 g/mol.